The molecule has 2 heterocycles. The molecule has 0 bridgehead atoms. The Bertz CT molecular complexity index is 685. The van der Waals surface area contributed by atoms with Gasteiger partial charge in [0.1, 0.15) is 17.4 Å². The van der Waals surface area contributed by atoms with E-state index in [0.29, 0.717) is 23.4 Å². The first-order valence-electron chi connectivity index (χ1n) is 7.84. The number of nitrogens with zero attached hydrogens (tertiary/aromatic N) is 4. The first kappa shape index (κ1) is 17.6. The molecular formula is C15H25N5O3. The maximum atomic E-state index is 10.4. The van der Waals surface area contributed by atoms with Crippen molar-refractivity contribution in [2.75, 3.05) is 12.3 Å². The van der Waals surface area contributed by atoms with Crippen molar-refractivity contribution in [3.05, 3.63) is 12.2 Å². The van der Waals surface area contributed by atoms with Crippen LogP contribution in [-0.4, -0.2) is 47.5 Å². The third-order valence-corrected chi connectivity index (χ3v) is 4.52. The zero-order valence-corrected chi connectivity index (χ0v) is 13.9. The molecule has 0 aliphatic heterocycles. The number of nitrogens with two attached hydrogens (primary N) is 1. The Hall–Kier alpha value is -1.77. The average Bonchev–Trinajstić information content (AvgIpc) is 3.02. The molecule has 0 amide bonds. The summed E-state index contributed by atoms with van der Waals surface area (Å²) in [6.07, 6.45) is -0.307. The third-order valence-electron chi connectivity index (χ3n) is 4.52. The van der Waals surface area contributed by atoms with Gasteiger partial charge >= 0.3 is 0 Å². The first-order chi connectivity index (χ1) is 10.9. The molecule has 8 nitrogen and oxygen atoms in total. The molecule has 0 aromatic carbocycles. The van der Waals surface area contributed by atoms with E-state index in [1.807, 2.05) is 20.8 Å². The van der Waals surface area contributed by atoms with Crippen molar-refractivity contribution in [2.24, 2.45) is 11.3 Å². The average molecular weight is 323 g/mol. The molecule has 4 atom stereocenters. The molecule has 8 heteroatoms. The standard InChI is InChI=1S/C13H19N5O3.C2H6/c1-6-3-13(6,4-19)9(20)12(21)18-5-15-8-10(14)16-7(2)17-11(8)18;1-2/h5-6,9,12,19-21H,3-4H2,1-2H3,(H2,14,16,17);1-2H3. The highest BCUT2D eigenvalue weighted by atomic mass is 16.3. The number of fused-ring (bicyclic) bond motifs is 1. The minimum Gasteiger partial charge on any atom is -0.396 e. The summed E-state index contributed by atoms with van der Waals surface area (Å²) in [4.78, 5) is 12.3. The topological polar surface area (TPSA) is 130 Å². The number of imidazole rings is 1. The van der Waals surface area contributed by atoms with Gasteiger partial charge in [-0.1, -0.05) is 20.8 Å². The van der Waals surface area contributed by atoms with Gasteiger partial charge in [0.2, 0.25) is 0 Å². The minimum absolute atomic E-state index is 0.156. The second-order valence-corrected chi connectivity index (χ2v) is 5.84. The van der Waals surface area contributed by atoms with Crippen molar-refractivity contribution in [1.82, 2.24) is 19.5 Å². The van der Waals surface area contributed by atoms with Crippen LogP contribution in [0.25, 0.3) is 11.2 Å². The maximum absolute atomic E-state index is 10.4. The molecule has 2 aromatic rings. The molecule has 23 heavy (non-hydrogen) atoms. The number of aryl methyl sites for hydroxylation is 1. The summed E-state index contributed by atoms with van der Waals surface area (Å²) in [5.41, 5.74) is 5.87. The number of hydrogen-bond donors (Lipinski definition) is 4. The van der Waals surface area contributed by atoms with Gasteiger partial charge in [0.15, 0.2) is 17.7 Å². The van der Waals surface area contributed by atoms with Crippen molar-refractivity contribution in [2.45, 2.75) is 46.4 Å². The molecular weight excluding hydrogens is 298 g/mol. The van der Waals surface area contributed by atoms with Gasteiger partial charge in [-0.15, -0.1) is 0 Å². The van der Waals surface area contributed by atoms with E-state index in [1.54, 1.807) is 6.92 Å². The van der Waals surface area contributed by atoms with Crippen LogP contribution in [0, 0.1) is 18.3 Å². The summed E-state index contributed by atoms with van der Waals surface area (Å²) in [5, 5.41) is 30.4. The van der Waals surface area contributed by atoms with E-state index in [0.717, 1.165) is 0 Å². The molecule has 0 saturated heterocycles. The lowest BCUT2D eigenvalue weighted by Crippen LogP contribution is -2.36. The predicted octanol–water partition coefficient (Wildman–Crippen LogP) is 0.613. The lowest BCUT2D eigenvalue weighted by molar-refractivity contribution is -0.0822. The monoisotopic (exact) mass is 323 g/mol. The van der Waals surface area contributed by atoms with E-state index in [-0.39, 0.29) is 18.3 Å². The van der Waals surface area contributed by atoms with Gasteiger partial charge in [-0.25, -0.2) is 15.0 Å². The van der Waals surface area contributed by atoms with Gasteiger partial charge < -0.3 is 21.1 Å². The number of rotatable bonds is 4. The van der Waals surface area contributed by atoms with Crippen LogP contribution >= 0.6 is 0 Å². The largest absolute Gasteiger partial charge is 0.396 e. The number of aliphatic hydroxyl groups is 3. The molecule has 5 N–H and O–H groups in total. The first-order valence-corrected chi connectivity index (χ1v) is 7.84. The summed E-state index contributed by atoms with van der Waals surface area (Å²) < 4.78 is 1.37. The quantitative estimate of drug-likeness (QED) is 0.648. The summed E-state index contributed by atoms with van der Waals surface area (Å²) in [6, 6.07) is 0. The molecule has 3 rings (SSSR count). The predicted molar refractivity (Wildman–Crippen MR) is 86.4 cm³/mol. The smallest absolute Gasteiger partial charge is 0.167 e. The van der Waals surface area contributed by atoms with E-state index in [2.05, 4.69) is 15.0 Å². The number of anilines is 1. The Morgan fingerprint density at radius 1 is 1.39 bits per heavy atom. The SMILES string of the molecule is CC.Cc1nc(N)c2ncn(C(O)C(O)C3(CO)CC3C)c2n1. The normalized spacial score (nSPS) is 25.6. The van der Waals surface area contributed by atoms with Crippen LogP contribution in [0.3, 0.4) is 0 Å². The van der Waals surface area contributed by atoms with Crippen LogP contribution < -0.4 is 5.73 Å². The highest BCUT2D eigenvalue weighted by Gasteiger charge is 2.58. The van der Waals surface area contributed by atoms with Gasteiger partial charge in [0.05, 0.1) is 12.9 Å². The van der Waals surface area contributed by atoms with Crippen LogP contribution in [0.2, 0.25) is 0 Å². The second-order valence-electron chi connectivity index (χ2n) is 5.84. The Morgan fingerprint density at radius 2 is 2.00 bits per heavy atom. The zero-order chi connectivity index (χ0) is 17.4. The lowest BCUT2D eigenvalue weighted by atomic mass is 9.96. The summed E-state index contributed by atoms with van der Waals surface area (Å²) in [6.45, 7) is 7.45. The number of hydrogen-bond acceptors (Lipinski definition) is 7. The van der Waals surface area contributed by atoms with Crippen LogP contribution in [0.15, 0.2) is 6.33 Å². The molecule has 4 unspecified atom stereocenters. The van der Waals surface area contributed by atoms with Crippen molar-refractivity contribution in [3.63, 3.8) is 0 Å². The second kappa shape index (κ2) is 6.38. The van der Waals surface area contributed by atoms with Crippen LogP contribution in [0.5, 0.6) is 0 Å². The van der Waals surface area contributed by atoms with Crippen molar-refractivity contribution in [1.29, 1.82) is 0 Å². The molecule has 128 valence electrons. The molecule has 0 spiro atoms. The van der Waals surface area contributed by atoms with Crippen molar-refractivity contribution in [3.8, 4) is 0 Å². The third kappa shape index (κ3) is 2.77. The van der Waals surface area contributed by atoms with Gasteiger partial charge in [-0.05, 0) is 19.3 Å². The van der Waals surface area contributed by atoms with Gasteiger partial charge in [0, 0.05) is 5.41 Å². The van der Waals surface area contributed by atoms with Crippen LogP contribution in [-0.2, 0) is 0 Å². The Balaban J connectivity index is 0.000000924. The van der Waals surface area contributed by atoms with E-state index in [1.165, 1.54) is 10.9 Å². The summed E-state index contributed by atoms with van der Waals surface area (Å²) in [7, 11) is 0. The maximum Gasteiger partial charge on any atom is 0.167 e. The Kier molecular flexibility index (Phi) is 4.88. The Labute approximate surface area is 135 Å². The zero-order valence-electron chi connectivity index (χ0n) is 13.9. The molecule has 2 aromatic heterocycles. The van der Waals surface area contributed by atoms with Crippen LogP contribution in [0.1, 0.15) is 39.2 Å². The minimum atomic E-state index is -1.25. The van der Waals surface area contributed by atoms with Crippen molar-refractivity contribution >= 4 is 17.0 Å². The van der Waals surface area contributed by atoms with Crippen molar-refractivity contribution < 1.29 is 15.3 Å². The number of nitrogen functional groups attached to an aromatic ring is 1. The fourth-order valence-corrected chi connectivity index (χ4v) is 2.93. The van der Waals surface area contributed by atoms with E-state index in [9.17, 15) is 15.3 Å². The molecule has 1 aliphatic rings. The highest BCUT2D eigenvalue weighted by Crippen LogP contribution is 2.56. The van der Waals surface area contributed by atoms with E-state index in [4.69, 9.17) is 5.73 Å². The fourth-order valence-electron chi connectivity index (χ4n) is 2.93. The van der Waals surface area contributed by atoms with Gasteiger partial charge in [-0.3, -0.25) is 4.57 Å². The van der Waals surface area contributed by atoms with E-state index >= 15 is 0 Å². The molecule has 1 aliphatic carbocycles. The number of aliphatic hydroxyl groups excluding tert-OH is 3. The highest BCUT2D eigenvalue weighted by molar-refractivity contribution is 5.81. The van der Waals surface area contributed by atoms with Gasteiger partial charge in [0.25, 0.3) is 0 Å². The number of aromatic nitrogens is 4. The summed E-state index contributed by atoms with van der Waals surface area (Å²) in [5.74, 6) is 0.845. The molecule has 1 saturated carbocycles. The summed E-state index contributed by atoms with van der Waals surface area (Å²) >= 11 is 0. The molecule has 0 radical (unpaired) electrons. The van der Waals surface area contributed by atoms with Crippen LogP contribution in [0.4, 0.5) is 5.82 Å². The van der Waals surface area contributed by atoms with Gasteiger partial charge in [-0.2, -0.15) is 0 Å². The fraction of sp³-hybridized carbons (Fsp3) is 0.667. The van der Waals surface area contributed by atoms with E-state index < -0.39 is 17.7 Å². The Morgan fingerprint density at radius 3 is 2.52 bits per heavy atom. The lowest BCUT2D eigenvalue weighted by Gasteiger charge is -2.26. The molecule has 1 fully saturated rings.